The van der Waals surface area contributed by atoms with Crippen molar-refractivity contribution in [1.82, 2.24) is 5.43 Å². The van der Waals surface area contributed by atoms with Crippen molar-refractivity contribution in [2.75, 3.05) is 12.1 Å². The highest BCUT2D eigenvalue weighted by Gasteiger charge is 2.33. The predicted octanol–water partition coefficient (Wildman–Crippen LogP) is 3.75. The first kappa shape index (κ1) is 17.0. The van der Waals surface area contributed by atoms with Crippen molar-refractivity contribution < 1.29 is 22.6 Å². The van der Waals surface area contributed by atoms with Gasteiger partial charge in [-0.05, 0) is 36.5 Å². The number of rotatable bonds is 3. The van der Waals surface area contributed by atoms with Crippen LogP contribution in [-0.2, 0) is 6.18 Å². The first-order chi connectivity index (χ1) is 11.9. The summed E-state index contributed by atoms with van der Waals surface area (Å²) < 4.78 is 49.4. The first-order valence-corrected chi connectivity index (χ1v) is 7.51. The summed E-state index contributed by atoms with van der Waals surface area (Å²) in [6.45, 7) is 0.127. The molecule has 0 spiro atoms. The molecular weight excluding hydrogens is 355 g/mol. The number of halogens is 3. The highest BCUT2D eigenvalue weighted by molar-refractivity contribution is 7.80. The Labute approximate surface area is 146 Å². The number of hydrazone groups is 1. The minimum atomic E-state index is -4.48. The van der Waals surface area contributed by atoms with Crippen LogP contribution in [-0.4, -0.2) is 18.1 Å². The molecule has 130 valence electrons. The molecule has 0 fully saturated rings. The molecule has 0 bridgehead atoms. The minimum Gasteiger partial charge on any atom is -0.454 e. The van der Waals surface area contributed by atoms with Crippen molar-refractivity contribution in [3.63, 3.8) is 0 Å². The summed E-state index contributed by atoms with van der Waals surface area (Å²) in [5.41, 5.74) is 2.17. The second kappa shape index (κ2) is 6.98. The zero-order chi connectivity index (χ0) is 17.9. The van der Waals surface area contributed by atoms with Gasteiger partial charge in [0, 0.05) is 5.56 Å². The van der Waals surface area contributed by atoms with E-state index in [2.05, 4.69) is 15.8 Å². The average molecular weight is 367 g/mol. The van der Waals surface area contributed by atoms with E-state index >= 15 is 0 Å². The Balaban J connectivity index is 1.66. The molecule has 5 nitrogen and oxygen atoms in total. The molecule has 9 heteroatoms. The van der Waals surface area contributed by atoms with Crippen LogP contribution < -0.4 is 20.2 Å². The minimum absolute atomic E-state index is 0.0716. The molecule has 1 aliphatic rings. The third-order valence-corrected chi connectivity index (χ3v) is 3.47. The topological polar surface area (TPSA) is 54.9 Å². The van der Waals surface area contributed by atoms with Gasteiger partial charge >= 0.3 is 6.18 Å². The van der Waals surface area contributed by atoms with Crippen molar-refractivity contribution in [2.45, 2.75) is 6.18 Å². The smallest absolute Gasteiger partial charge is 0.418 e. The molecule has 0 unspecified atom stereocenters. The maximum absolute atomic E-state index is 12.9. The zero-order valence-corrected chi connectivity index (χ0v) is 13.4. The highest BCUT2D eigenvalue weighted by atomic mass is 32.1. The first-order valence-electron chi connectivity index (χ1n) is 7.10. The summed E-state index contributed by atoms with van der Waals surface area (Å²) in [5.74, 6) is 1.15. The van der Waals surface area contributed by atoms with Crippen LogP contribution in [0.3, 0.4) is 0 Å². The number of benzene rings is 2. The number of anilines is 1. The number of para-hydroxylation sites is 2. The van der Waals surface area contributed by atoms with Crippen molar-refractivity contribution >= 4 is 29.2 Å². The number of fused-ring (bicyclic) bond motifs is 1. The number of hydrogen-bond acceptors (Lipinski definition) is 4. The third-order valence-electron chi connectivity index (χ3n) is 3.28. The van der Waals surface area contributed by atoms with Crippen molar-refractivity contribution in [3.8, 4) is 11.5 Å². The third kappa shape index (κ3) is 4.00. The van der Waals surface area contributed by atoms with Gasteiger partial charge in [0.05, 0.1) is 17.5 Å². The van der Waals surface area contributed by atoms with Crippen LogP contribution in [0.5, 0.6) is 11.5 Å². The summed E-state index contributed by atoms with van der Waals surface area (Å²) >= 11 is 4.97. The summed E-state index contributed by atoms with van der Waals surface area (Å²) in [6.07, 6.45) is -3.04. The van der Waals surface area contributed by atoms with Gasteiger partial charge in [-0.2, -0.15) is 18.3 Å². The van der Waals surface area contributed by atoms with Gasteiger partial charge in [0.2, 0.25) is 6.79 Å². The normalized spacial score (nSPS) is 13.1. The van der Waals surface area contributed by atoms with Crippen LogP contribution in [0.1, 0.15) is 11.1 Å². The number of thiocarbonyl (C=S) groups is 1. The van der Waals surface area contributed by atoms with Crippen LogP contribution in [0.2, 0.25) is 0 Å². The zero-order valence-electron chi connectivity index (χ0n) is 12.6. The molecule has 1 heterocycles. The molecule has 2 aromatic rings. The van der Waals surface area contributed by atoms with Crippen LogP contribution >= 0.6 is 12.2 Å². The van der Waals surface area contributed by atoms with E-state index < -0.39 is 11.7 Å². The maximum atomic E-state index is 12.9. The molecule has 25 heavy (non-hydrogen) atoms. The van der Waals surface area contributed by atoms with Crippen LogP contribution in [0, 0.1) is 0 Å². The lowest BCUT2D eigenvalue weighted by atomic mass is 10.2. The largest absolute Gasteiger partial charge is 0.454 e. The van der Waals surface area contributed by atoms with Gasteiger partial charge in [-0.1, -0.05) is 18.2 Å². The summed E-state index contributed by atoms with van der Waals surface area (Å²) in [5, 5.41) is 6.33. The van der Waals surface area contributed by atoms with Crippen LogP contribution in [0.4, 0.5) is 18.9 Å². The SMILES string of the molecule is FC(F)(F)c1ccccc1NC(=S)N/N=C/c1cccc2c1OCO2. The lowest BCUT2D eigenvalue weighted by molar-refractivity contribution is -0.136. The Morgan fingerprint density at radius 2 is 1.92 bits per heavy atom. The Morgan fingerprint density at radius 1 is 1.12 bits per heavy atom. The van der Waals surface area contributed by atoms with E-state index in [0.29, 0.717) is 17.1 Å². The summed E-state index contributed by atoms with van der Waals surface area (Å²) in [4.78, 5) is 0. The van der Waals surface area contributed by atoms with E-state index in [1.807, 2.05) is 0 Å². The summed E-state index contributed by atoms with van der Waals surface area (Å²) in [7, 11) is 0. The molecule has 2 N–H and O–H groups in total. The van der Waals surface area contributed by atoms with Gasteiger partial charge < -0.3 is 14.8 Å². The van der Waals surface area contributed by atoms with Gasteiger partial charge in [0.1, 0.15) is 0 Å². The van der Waals surface area contributed by atoms with Gasteiger partial charge in [-0.15, -0.1) is 0 Å². The van der Waals surface area contributed by atoms with Crippen molar-refractivity contribution in [2.24, 2.45) is 5.10 Å². The van der Waals surface area contributed by atoms with E-state index in [9.17, 15) is 13.2 Å². The lowest BCUT2D eigenvalue weighted by Crippen LogP contribution is -2.25. The molecule has 0 radical (unpaired) electrons. The van der Waals surface area contributed by atoms with E-state index in [1.165, 1.54) is 24.4 Å². The summed E-state index contributed by atoms with van der Waals surface area (Å²) in [6, 6.07) is 10.3. The van der Waals surface area contributed by atoms with Gasteiger partial charge in [0.15, 0.2) is 16.6 Å². The number of alkyl halides is 3. The second-order valence-electron chi connectivity index (χ2n) is 4.95. The molecule has 3 rings (SSSR count). The Morgan fingerprint density at radius 3 is 2.72 bits per heavy atom. The molecule has 0 aliphatic carbocycles. The van der Waals surface area contributed by atoms with Gasteiger partial charge in [0.25, 0.3) is 0 Å². The molecule has 0 atom stereocenters. The number of nitrogens with one attached hydrogen (secondary N) is 2. The van der Waals surface area contributed by atoms with E-state index in [-0.39, 0.29) is 17.6 Å². The number of hydrogen-bond donors (Lipinski definition) is 2. The monoisotopic (exact) mass is 367 g/mol. The lowest BCUT2D eigenvalue weighted by Gasteiger charge is -2.14. The Kier molecular flexibility index (Phi) is 4.75. The molecule has 0 saturated heterocycles. The molecule has 0 saturated carbocycles. The van der Waals surface area contributed by atoms with Crippen molar-refractivity contribution in [3.05, 3.63) is 53.6 Å². The number of ether oxygens (including phenoxy) is 2. The molecular formula is C16H12F3N3O2S. The number of nitrogens with zero attached hydrogens (tertiary/aromatic N) is 1. The van der Waals surface area contributed by atoms with E-state index in [4.69, 9.17) is 21.7 Å². The van der Waals surface area contributed by atoms with Crippen LogP contribution in [0.15, 0.2) is 47.6 Å². The van der Waals surface area contributed by atoms with Gasteiger partial charge in [-0.3, -0.25) is 5.43 Å². The molecule has 1 aliphatic heterocycles. The van der Waals surface area contributed by atoms with Gasteiger partial charge in [-0.25, -0.2) is 0 Å². The highest BCUT2D eigenvalue weighted by Crippen LogP contribution is 2.35. The van der Waals surface area contributed by atoms with E-state index in [0.717, 1.165) is 6.07 Å². The second-order valence-corrected chi connectivity index (χ2v) is 5.36. The maximum Gasteiger partial charge on any atom is 0.418 e. The standard InChI is InChI=1S/C16H12F3N3O2S/c17-16(18,19)11-5-1-2-6-12(11)21-15(25)22-20-8-10-4-3-7-13-14(10)24-9-23-13/h1-8H,9H2,(H2,21,22,25)/b20-8+. The fraction of sp³-hybridized carbons (Fsp3) is 0.125. The molecule has 0 amide bonds. The molecule has 2 aromatic carbocycles. The fourth-order valence-electron chi connectivity index (χ4n) is 2.20. The Hall–Kier alpha value is -2.81. The average Bonchev–Trinajstić information content (AvgIpc) is 3.04. The Bertz CT molecular complexity index is 825. The predicted molar refractivity (Wildman–Crippen MR) is 91.0 cm³/mol. The van der Waals surface area contributed by atoms with Crippen molar-refractivity contribution in [1.29, 1.82) is 0 Å². The molecule has 0 aromatic heterocycles. The van der Waals surface area contributed by atoms with E-state index in [1.54, 1.807) is 18.2 Å². The fourth-order valence-corrected chi connectivity index (χ4v) is 2.37. The quantitative estimate of drug-likeness (QED) is 0.492. The van der Waals surface area contributed by atoms with Crippen LogP contribution in [0.25, 0.3) is 0 Å².